The molecule has 5 nitrogen and oxygen atoms in total. The van der Waals surface area contributed by atoms with Crippen LogP contribution in [0.25, 0.3) is 0 Å². The van der Waals surface area contributed by atoms with Gasteiger partial charge in [-0.1, -0.05) is 6.07 Å². The number of ketones is 2. The van der Waals surface area contributed by atoms with Crippen LogP contribution >= 0.6 is 0 Å². The van der Waals surface area contributed by atoms with Crippen LogP contribution in [0, 0.1) is 22.5 Å². The number of carbonyl (C=O) groups is 2. The normalized spacial score (nSPS) is 9.33. The summed E-state index contributed by atoms with van der Waals surface area (Å²) in [4.78, 5) is 25.6. The van der Waals surface area contributed by atoms with Crippen molar-refractivity contribution < 1.29 is 58.1 Å². The van der Waals surface area contributed by atoms with Gasteiger partial charge in [0, 0.05) is 13.8 Å². The number of Topliss-reactive ketones (excluding diaryl/α,β-unsaturated/α-hetero) is 2. The first kappa shape index (κ1) is 30.2. The second-order valence-electron chi connectivity index (χ2n) is 6.14. The minimum atomic E-state index is -0.472. The molecule has 0 saturated heterocycles. The Morgan fingerprint density at radius 1 is 0.758 bits per heavy atom. The van der Waals surface area contributed by atoms with E-state index >= 15 is 0 Å². The Labute approximate surface area is 209 Å². The van der Waals surface area contributed by atoms with Crippen molar-refractivity contribution in [3.63, 3.8) is 0 Å². The molecule has 0 spiro atoms. The molecule has 0 unspecified atom stereocenters. The van der Waals surface area contributed by atoms with Crippen molar-refractivity contribution in [2.24, 2.45) is 0 Å². The Kier molecular flexibility index (Phi) is 13.2. The molecule has 174 valence electrons. The zero-order chi connectivity index (χ0) is 23.0. The Balaban J connectivity index is 0.000000640. The number of halogens is 4. The van der Waals surface area contributed by atoms with Crippen LogP contribution in [-0.4, -0.2) is 29.0 Å². The summed E-state index contributed by atoms with van der Waals surface area (Å²) in [5, 5.41) is 14.5. The van der Waals surface area contributed by atoms with Crippen LogP contribution in [-0.2, 0) is 15.0 Å². The SMILES string of the molecule is CC(=O)c1cccc(C(C)=O)n1.N=Cc1c(F)ccc[c]1[Fe+2][c]1cccc(F)c1C=N.[Cl-].[Cl-]. The van der Waals surface area contributed by atoms with E-state index in [-0.39, 0.29) is 62.5 Å². The molecule has 0 radical (unpaired) electrons. The second-order valence-corrected chi connectivity index (χ2v) is 7.61. The minimum absolute atomic E-state index is 0. The molecule has 0 fully saturated rings. The average molecular weight is 534 g/mol. The standard InChI is InChI=1S/C9H9NO2.2C7H5FN.2ClH.Fe/c1-6(11)8-4-3-5-9(10-8)7(2)12;2*8-7-4-2-1-3-6(7)5-9;;;/h3-5H,1-2H3;2*1-2,4-5,9H;2*1H;/q;;;;;+2/p-2. The predicted octanol–water partition coefficient (Wildman–Crippen LogP) is -2.51. The van der Waals surface area contributed by atoms with Crippen LogP contribution in [0.3, 0.4) is 0 Å². The molecule has 0 bridgehead atoms. The van der Waals surface area contributed by atoms with Crippen molar-refractivity contribution in [2.75, 3.05) is 0 Å². The molecule has 0 aliphatic carbocycles. The number of aromatic nitrogens is 1. The van der Waals surface area contributed by atoms with Crippen molar-refractivity contribution in [2.45, 2.75) is 13.8 Å². The monoisotopic (exact) mass is 533 g/mol. The largest absolute Gasteiger partial charge is 1.00 e. The maximum absolute atomic E-state index is 13.5. The van der Waals surface area contributed by atoms with Crippen LogP contribution in [0.1, 0.15) is 46.0 Å². The van der Waals surface area contributed by atoms with Crippen molar-refractivity contribution in [1.29, 1.82) is 10.8 Å². The van der Waals surface area contributed by atoms with Gasteiger partial charge in [0.15, 0.2) is 11.6 Å². The molecule has 0 amide bonds. The van der Waals surface area contributed by atoms with Crippen LogP contribution < -0.4 is 33.7 Å². The zero-order valence-corrected chi connectivity index (χ0v) is 20.1. The smallest absolute Gasteiger partial charge is 1.00 e. The molecule has 1 aromatic heterocycles. The summed E-state index contributed by atoms with van der Waals surface area (Å²) in [7, 11) is 0. The van der Waals surface area contributed by atoms with Crippen molar-refractivity contribution in [3.8, 4) is 0 Å². The number of pyridine rings is 1. The molecule has 0 atom stereocenters. The number of benzene rings is 2. The van der Waals surface area contributed by atoms with E-state index in [2.05, 4.69) is 4.98 Å². The zero-order valence-electron chi connectivity index (χ0n) is 17.5. The molecule has 3 rings (SSSR count). The Bertz CT molecular complexity index is 1080. The van der Waals surface area contributed by atoms with Crippen LogP contribution in [0.15, 0.2) is 54.6 Å². The molecule has 2 N–H and O–H groups in total. The van der Waals surface area contributed by atoms with Crippen LogP contribution in [0.5, 0.6) is 0 Å². The quantitative estimate of drug-likeness (QED) is 0.208. The number of carbonyl (C=O) groups excluding carboxylic acids is 2. The summed E-state index contributed by atoms with van der Waals surface area (Å²) in [6.07, 6.45) is 1.90. The molecule has 0 aliphatic rings. The van der Waals surface area contributed by atoms with Crippen LogP contribution in [0.2, 0.25) is 0 Å². The number of hydrogen-bond acceptors (Lipinski definition) is 5. The van der Waals surface area contributed by atoms with E-state index in [0.29, 0.717) is 20.3 Å². The third-order valence-corrected chi connectivity index (χ3v) is 5.49. The van der Waals surface area contributed by atoms with Gasteiger partial charge in [0.05, 0.1) is 0 Å². The number of nitrogens with zero attached hydrogens (tertiary/aromatic N) is 1. The summed E-state index contributed by atoms with van der Waals surface area (Å²) in [5.74, 6) is -1.20. The van der Waals surface area contributed by atoms with Crippen molar-refractivity contribution >= 4 is 32.9 Å². The van der Waals surface area contributed by atoms with Crippen LogP contribution in [0.4, 0.5) is 8.78 Å². The van der Waals surface area contributed by atoms with Gasteiger partial charge in [0.2, 0.25) is 0 Å². The maximum atomic E-state index is 13.5. The fourth-order valence-corrected chi connectivity index (χ4v) is 3.80. The van der Waals surface area contributed by atoms with Crippen molar-refractivity contribution in [3.05, 3.63) is 88.7 Å². The molecule has 10 heteroatoms. The summed E-state index contributed by atoms with van der Waals surface area (Å²) in [6, 6.07) is 13.9. The van der Waals surface area contributed by atoms with E-state index in [4.69, 9.17) is 10.8 Å². The van der Waals surface area contributed by atoms with Crippen molar-refractivity contribution in [1.82, 2.24) is 4.98 Å². The van der Waals surface area contributed by atoms with E-state index in [1.54, 1.807) is 42.5 Å². The van der Waals surface area contributed by atoms with Gasteiger partial charge in [0.25, 0.3) is 0 Å². The molecule has 33 heavy (non-hydrogen) atoms. The summed E-state index contributed by atoms with van der Waals surface area (Å²) < 4.78 is 28.3. The van der Waals surface area contributed by atoms with Gasteiger partial charge in [-0.2, -0.15) is 0 Å². The molecule has 0 saturated carbocycles. The van der Waals surface area contributed by atoms with E-state index in [1.807, 2.05) is 0 Å². The summed E-state index contributed by atoms with van der Waals surface area (Å²) in [6.45, 7) is 2.85. The number of hydrogen-bond donors (Lipinski definition) is 2. The fraction of sp³-hybridized carbons (Fsp3) is 0.0870. The predicted molar refractivity (Wildman–Crippen MR) is 112 cm³/mol. The topological polar surface area (TPSA) is 94.7 Å². The first-order chi connectivity index (χ1) is 14.8. The average Bonchev–Trinajstić information content (AvgIpc) is 2.74. The molecular formula is C23H19Cl2F2FeN3O2. The third kappa shape index (κ3) is 8.26. The molecular weight excluding hydrogens is 515 g/mol. The van der Waals surface area contributed by atoms with E-state index in [1.165, 1.54) is 26.0 Å². The van der Waals surface area contributed by atoms with Gasteiger partial charge in [-0.3, -0.25) is 9.59 Å². The number of rotatable bonds is 6. The van der Waals surface area contributed by atoms with Gasteiger partial charge in [0.1, 0.15) is 11.4 Å². The van der Waals surface area contributed by atoms with Gasteiger partial charge in [-0.05, 0) is 12.1 Å². The second kappa shape index (κ2) is 14.4. The Morgan fingerprint density at radius 2 is 1.12 bits per heavy atom. The fourth-order valence-electron chi connectivity index (χ4n) is 2.37. The summed E-state index contributed by atoms with van der Waals surface area (Å²) in [5.41, 5.74) is 1.07. The molecule has 2 aromatic carbocycles. The van der Waals surface area contributed by atoms with E-state index in [9.17, 15) is 18.4 Å². The summed E-state index contributed by atoms with van der Waals surface area (Å²) >= 11 is 0.283. The third-order valence-electron chi connectivity index (χ3n) is 3.93. The van der Waals surface area contributed by atoms with E-state index < -0.39 is 11.6 Å². The first-order valence-electron chi connectivity index (χ1n) is 8.97. The van der Waals surface area contributed by atoms with Gasteiger partial charge in [-0.25, -0.2) is 4.98 Å². The van der Waals surface area contributed by atoms with Gasteiger partial charge >= 0.3 is 115 Å². The first-order valence-corrected chi connectivity index (χ1v) is 10.1. The maximum Gasteiger partial charge on any atom is -1.00 e. The minimum Gasteiger partial charge on any atom is -1.00 e. The van der Waals surface area contributed by atoms with Gasteiger partial charge in [-0.15, -0.1) is 0 Å². The number of nitrogens with one attached hydrogen (secondary N) is 2. The molecule has 0 aliphatic heterocycles. The molecule has 3 aromatic rings. The molecule has 1 heterocycles. The Morgan fingerprint density at radius 3 is 1.45 bits per heavy atom. The van der Waals surface area contributed by atoms with Gasteiger partial charge < -0.3 is 24.8 Å². The Hall–Kier alpha value is -2.77. The van der Waals surface area contributed by atoms with E-state index in [0.717, 1.165) is 12.4 Å².